The molecule has 0 unspecified atom stereocenters. The highest BCUT2D eigenvalue weighted by molar-refractivity contribution is 7.89. The number of rotatable bonds is 9. The van der Waals surface area contributed by atoms with Crippen molar-refractivity contribution in [2.75, 3.05) is 25.6 Å². The molecule has 0 atom stereocenters. The molecule has 0 saturated heterocycles. The average molecular weight is 419 g/mol. The first-order valence-electron chi connectivity index (χ1n) is 9.23. The van der Waals surface area contributed by atoms with Crippen LogP contribution in [0, 0.1) is 6.92 Å². The highest BCUT2D eigenvalue weighted by Crippen LogP contribution is 2.29. The molecule has 7 nitrogen and oxygen atoms in total. The number of amides is 1. The van der Waals surface area contributed by atoms with Gasteiger partial charge in [0.15, 0.2) is 11.5 Å². The van der Waals surface area contributed by atoms with Gasteiger partial charge in [-0.15, -0.1) is 0 Å². The second-order valence-corrected chi connectivity index (χ2v) is 7.94. The first-order chi connectivity index (χ1) is 13.8. The van der Waals surface area contributed by atoms with E-state index in [-0.39, 0.29) is 10.8 Å². The SMILES string of the molecule is CCOc1ccc(/C=C/C(=O)Nc2ccc(C)c(S(=O)(=O)NC)c2)cc1OCC. The van der Waals surface area contributed by atoms with Gasteiger partial charge in [0, 0.05) is 11.8 Å². The number of aryl methyl sites for hydroxylation is 1. The summed E-state index contributed by atoms with van der Waals surface area (Å²) in [4.78, 5) is 12.4. The molecule has 156 valence electrons. The number of carbonyl (C=O) groups is 1. The third kappa shape index (κ3) is 6.07. The zero-order valence-corrected chi connectivity index (χ0v) is 17.8. The highest BCUT2D eigenvalue weighted by Gasteiger charge is 2.15. The number of carbonyl (C=O) groups excluding carboxylic acids is 1. The summed E-state index contributed by atoms with van der Waals surface area (Å²) in [5.41, 5.74) is 1.75. The van der Waals surface area contributed by atoms with E-state index in [4.69, 9.17) is 9.47 Å². The average Bonchev–Trinajstić information content (AvgIpc) is 2.70. The van der Waals surface area contributed by atoms with Crippen molar-refractivity contribution in [2.24, 2.45) is 0 Å². The van der Waals surface area contributed by atoms with Gasteiger partial charge in [-0.05, 0) is 69.3 Å². The molecule has 8 heteroatoms. The Balaban J connectivity index is 2.16. The van der Waals surface area contributed by atoms with E-state index in [1.807, 2.05) is 19.9 Å². The van der Waals surface area contributed by atoms with E-state index in [1.54, 1.807) is 37.3 Å². The predicted molar refractivity (Wildman–Crippen MR) is 114 cm³/mol. The Morgan fingerprint density at radius 1 is 1.03 bits per heavy atom. The molecule has 0 heterocycles. The third-order valence-electron chi connectivity index (χ3n) is 4.01. The summed E-state index contributed by atoms with van der Waals surface area (Å²) in [5.74, 6) is 0.875. The van der Waals surface area contributed by atoms with E-state index in [2.05, 4.69) is 10.0 Å². The fourth-order valence-corrected chi connectivity index (χ4v) is 3.60. The minimum atomic E-state index is -3.61. The molecule has 0 fully saturated rings. The number of sulfonamides is 1. The molecule has 0 bridgehead atoms. The number of benzene rings is 2. The summed E-state index contributed by atoms with van der Waals surface area (Å²) in [7, 11) is -2.26. The number of anilines is 1. The molecular weight excluding hydrogens is 392 g/mol. The van der Waals surface area contributed by atoms with Crippen molar-refractivity contribution in [3.8, 4) is 11.5 Å². The summed E-state index contributed by atoms with van der Waals surface area (Å²) >= 11 is 0. The fraction of sp³-hybridized carbons (Fsp3) is 0.286. The molecule has 0 spiro atoms. The molecule has 0 aliphatic heterocycles. The lowest BCUT2D eigenvalue weighted by molar-refractivity contribution is -0.111. The van der Waals surface area contributed by atoms with Gasteiger partial charge in [0.25, 0.3) is 0 Å². The van der Waals surface area contributed by atoms with Gasteiger partial charge < -0.3 is 14.8 Å². The molecule has 29 heavy (non-hydrogen) atoms. The Labute approximate surface area is 171 Å². The molecule has 0 saturated carbocycles. The maximum atomic E-state index is 12.3. The summed E-state index contributed by atoms with van der Waals surface area (Å²) < 4.78 is 37.5. The maximum Gasteiger partial charge on any atom is 0.248 e. The van der Waals surface area contributed by atoms with E-state index in [0.717, 1.165) is 5.56 Å². The summed E-state index contributed by atoms with van der Waals surface area (Å²) in [6.45, 7) is 6.50. The van der Waals surface area contributed by atoms with Gasteiger partial charge in [-0.3, -0.25) is 4.79 Å². The Morgan fingerprint density at radius 2 is 1.72 bits per heavy atom. The van der Waals surface area contributed by atoms with Crippen molar-refractivity contribution in [3.05, 3.63) is 53.6 Å². The minimum absolute atomic E-state index is 0.120. The zero-order chi connectivity index (χ0) is 21.4. The first kappa shape index (κ1) is 22.4. The van der Waals surface area contributed by atoms with Gasteiger partial charge in [0.05, 0.1) is 18.1 Å². The minimum Gasteiger partial charge on any atom is -0.490 e. The van der Waals surface area contributed by atoms with Crippen molar-refractivity contribution in [3.63, 3.8) is 0 Å². The standard InChI is InChI=1S/C21H26N2O5S/c1-5-27-18-11-8-16(13-19(18)28-6-2)9-12-21(24)23-17-10-7-15(3)20(14-17)29(25,26)22-4/h7-14,22H,5-6H2,1-4H3,(H,23,24)/b12-9+. The fourth-order valence-electron chi connectivity index (χ4n) is 2.60. The van der Waals surface area contributed by atoms with Gasteiger partial charge in [-0.1, -0.05) is 12.1 Å². The number of nitrogens with one attached hydrogen (secondary N) is 2. The largest absolute Gasteiger partial charge is 0.490 e. The van der Waals surface area contributed by atoms with Crippen LogP contribution in [-0.4, -0.2) is 34.6 Å². The highest BCUT2D eigenvalue weighted by atomic mass is 32.2. The van der Waals surface area contributed by atoms with Gasteiger partial charge >= 0.3 is 0 Å². The Hall–Kier alpha value is -2.84. The number of ether oxygens (including phenoxy) is 2. The molecule has 2 aromatic rings. The smallest absolute Gasteiger partial charge is 0.248 e. The van der Waals surface area contributed by atoms with Crippen LogP contribution in [0.5, 0.6) is 11.5 Å². The van der Waals surface area contributed by atoms with Crippen LogP contribution >= 0.6 is 0 Å². The molecular formula is C21H26N2O5S. The lowest BCUT2D eigenvalue weighted by Crippen LogP contribution is -2.20. The first-order valence-corrected chi connectivity index (χ1v) is 10.7. The second kappa shape index (κ2) is 10.1. The van der Waals surface area contributed by atoms with Crippen LogP contribution in [0.4, 0.5) is 5.69 Å². The van der Waals surface area contributed by atoms with Crippen LogP contribution in [0.2, 0.25) is 0 Å². The molecule has 2 N–H and O–H groups in total. The monoisotopic (exact) mass is 418 g/mol. The van der Waals surface area contributed by atoms with E-state index >= 15 is 0 Å². The van der Waals surface area contributed by atoms with Crippen molar-refractivity contribution < 1.29 is 22.7 Å². The topological polar surface area (TPSA) is 93.7 Å². The van der Waals surface area contributed by atoms with Crippen LogP contribution in [0.1, 0.15) is 25.0 Å². The van der Waals surface area contributed by atoms with E-state index in [0.29, 0.717) is 36.0 Å². The van der Waals surface area contributed by atoms with Crippen molar-refractivity contribution in [1.29, 1.82) is 0 Å². The van der Waals surface area contributed by atoms with Crippen LogP contribution in [0.3, 0.4) is 0 Å². The summed E-state index contributed by atoms with van der Waals surface area (Å²) in [6, 6.07) is 10.1. The van der Waals surface area contributed by atoms with Crippen LogP contribution < -0.4 is 19.5 Å². The van der Waals surface area contributed by atoms with E-state index in [9.17, 15) is 13.2 Å². The van der Waals surface area contributed by atoms with Crippen molar-refractivity contribution in [1.82, 2.24) is 4.72 Å². The quantitative estimate of drug-likeness (QED) is 0.609. The van der Waals surface area contributed by atoms with Crippen LogP contribution in [0.25, 0.3) is 6.08 Å². The summed E-state index contributed by atoms with van der Waals surface area (Å²) in [6.07, 6.45) is 3.02. The molecule has 2 aromatic carbocycles. The molecule has 0 aliphatic carbocycles. The molecule has 0 radical (unpaired) electrons. The molecule has 2 rings (SSSR count). The van der Waals surface area contributed by atoms with E-state index in [1.165, 1.54) is 19.2 Å². The van der Waals surface area contributed by atoms with Crippen molar-refractivity contribution in [2.45, 2.75) is 25.7 Å². The van der Waals surface area contributed by atoms with Crippen LogP contribution in [-0.2, 0) is 14.8 Å². The lowest BCUT2D eigenvalue weighted by atomic mass is 10.2. The maximum absolute atomic E-state index is 12.3. The van der Waals surface area contributed by atoms with E-state index < -0.39 is 10.0 Å². The third-order valence-corrected chi connectivity index (χ3v) is 5.56. The number of hydrogen-bond acceptors (Lipinski definition) is 5. The lowest BCUT2D eigenvalue weighted by Gasteiger charge is -2.11. The summed E-state index contributed by atoms with van der Waals surface area (Å²) in [5, 5.41) is 2.67. The Kier molecular flexibility index (Phi) is 7.81. The molecule has 0 aliphatic rings. The Morgan fingerprint density at radius 3 is 2.38 bits per heavy atom. The van der Waals surface area contributed by atoms with Gasteiger partial charge in [0.1, 0.15) is 0 Å². The second-order valence-electron chi connectivity index (χ2n) is 6.08. The predicted octanol–water partition coefficient (Wildman–Crippen LogP) is 3.35. The van der Waals surface area contributed by atoms with Gasteiger partial charge in [-0.25, -0.2) is 13.1 Å². The Bertz CT molecular complexity index is 1000. The zero-order valence-electron chi connectivity index (χ0n) is 17.0. The van der Waals surface area contributed by atoms with Gasteiger partial charge in [-0.2, -0.15) is 0 Å². The molecule has 1 amide bonds. The normalized spacial score (nSPS) is 11.4. The molecule has 0 aromatic heterocycles. The van der Waals surface area contributed by atoms with Gasteiger partial charge in [0.2, 0.25) is 15.9 Å². The number of hydrogen-bond donors (Lipinski definition) is 2. The van der Waals surface area contributed by atoms with Crippen LogP contribution in [0.15, 0.2) is 47.4 Å². The van der Waals surface area contributed by atoms with Crippen molar-refractivity contribution >= 4 is 27.7 Å².